The Kier molecular flexibility index (Phi) is 11.1. The Hall–Kier alpha value is -4.15. The van der Waals surface area contributed by atoms with Crippen molar-refractivity contribution in [2.75, 3.05) is 6.54 Å². The maximum Gasteiger partial charge on any atom is 0.410 e. The molecule has 286 valence electrons. The number of allylic oxidation sites excluding steroid dienone is 1. The van der Waals surface area contributed by atoms with Gasteiger partial charge in [0, 0.05) is 25.4 Å². The highest BCUT2D eigenvalue weighted by Gasteiger charge is 2.62. The van der Waals surface area contributed by atoms with Gasteiger partial charge in [0.25, 0.3) is 15.9 Å². The van der Waals surface area contributed by atoms with Crippen molar-refractivity contribution in [1.29, 1.82) is 0 Å². The summed E-state index contributed by atoms with van der Waals surface area (Å²) in [6.45, 7) is 5.66. The number of amides is 5. The lowest BCUT2D eigenvalue weighted by Gasteiger charge is -2.30. The van der Waals surface area contributed by atoms with E-state index in [1.807, 2.05) is 30.3 Å². The smallest absolute Gasteiger partial charge is 0.410 e. The number of nitrogens with zero attached hydrogens (tertiary/aromatic N) is 2. The van der Waals surface area contributed by atoms with Crippen LogP contribution in [-0.4, -0.2) is 84.0 Å². The van der Waals surface area contributed by atoms with Crippen LogP contribution < -0.4 is 15.4 Å². The number of sulfonamides is 1. The molecule has 2 aromatic rings. The van der Waals surface area contributed by atoms with E-state index in [-0.39, 0.29) is 34.4 Å². The molecule has 0 radical (unpaired) electrons. The molecule has 2 fully saturated rings. The fraction of sp³-hybridized carbons (Fsp3) is 0.528. The first-order valence-electron chi connectivity index (χ1n) is 17.7. The third kappa shape index (κ3) is 8.98. The van der Waals surface area contributed by atoms with Crippen LogP contribution in [0.2, 0.25) is 4.34 Å². The summed E-state index contributed by atoms with van der Waals surface area (Å²) in [6.07, 6.45) is 4.42. The Balaban J connectivity index is 1.26. The van der Waals surface area contributed by atoms with Crippen molar-refractivity contribution in [2.45, 2.75) is 112 Å². The monoisotopic (exact) mass is 789 g/mol. The van der Waals surface area contributed by atoms with Gasteiger partial charge in [-0.25, -0.2) is 22.7 Å². The number of halogens is 1. The topological polar surface area (TPSA) is 181 Å². The molecule has 1 saturated carbocycles. The Labute approximate surface area is 317 Å². The molecule has 0 unspecified atom stereocenters. The molecule has 1 saturated heterocycles. The highest BCUT2D eigenvalue weighted by Crippen LogP contribution is 2.46. The zero-order valence-corrected chi connectivity index (χ0v) is 32.2. The quantitative estimate of drug-likeness (QED) is 0.365. The maximum absolute atomic E-state index is 14.3. The molecular weight excluding hydrogens is 746 g/mol. The summed E-state index contributed by atoms with van der Waals surface area (Å²) in [5.74, 6) is -2.74. The van der Waals surface area contributed by atoms with Crippen LogP contribution in [0, 0.1) is 5.92 Å². The third-order valence-corrected chi connectivity index (χ3v) is 12.8. The summed E-state index contributed by atoms with van der Waals surface area (Å²) in [5.41, 5.74) is -0.464. The SMILES string of the molecule is CC(C)(C)OC(=O)N[C@H]1CCCCC/C=C\[C@@H]2C[C@@]2(C(=O)NS(=O)(=O)c2ccc(Cl)s2)NC(=O)[C@@H]2C[C@@H](OC(=O)N3Cc4ccccc4C3)CN2C1=O. The lowest BCUT2D eigenvalue weighted by Crippen LogP contribution is -2.58. The summed E-state index contributed by atoms with van der Waals surface area (Å²) < 4.78 is 39.8. The third-order valence-electron chi connectivity index (χ3n) is 9.74. The van der Waals surface area contributed by atoms with Crippen molar-refractivity contribution >= 4 is 62.9 Å². The predicted octanol–water partition coefficient (Wildman–Crippen LogP) is 4.62. The number of fused-ring (bicyclic) bond motifs is 3. The highest BCUT2D eigenvalue weighted by atomic mass is 35.5. The Morgan fingerprint density at radius 3 is 2.42 bits per heavy atom. The number of nitrogens with one attached hydrogen (secondary N) is 3. The summed E-state index contributed by atoms with van der Waals surface area (Å²) in [6, 6.07) is 8.06. The Morgan fingerprint density at radius 2 is 1.75 bits per heavy atom. The van der Waals surface area contributed by atoms with Gasteiger partial charge in [-0.15, -0.1) is 11.3 Å². The van der Waals surface area contributed by atoms with Gasteiger partial charge >= 0.3 is 12.2 Å². The molecular formula is C36H44ClN5O9S2. The van der Waals surface area contributed by atoms with Crippen LogP contribution in [0.25, 0.3) is 0 Å². The van der Waals surface area contributed by atoms with Crippen LogP contribution in [-0.2, 0) is 47.0 Å². The summed E-state index contributed by atoms with van der Waals surface area (Å²) in [5, 5.41) is 5.48. The summed E-state index contributed by atoms with van der Waals surface area (Å²) in [4.78, 5) is 71.5. The average Bonchev–Trinajstić information content (AvgIpc) is 3.44. The number of carbonyl (C=O) groups is 5. The van der Waals surface area contributed by atoms with Crippen LogP contribution in [0.5, 0.6) is 0 Å². The fourth-order valence-electron chi connectivity index (χ4n) is 7.00. The van der Waals surface area contributed by atoms with E-state index < -0.39 is 75.2 Å². The minimum Gasteiger partial charge on any atom is -0.444 e. The van der Waals surface area contributed by atoms with Gasteiger partial charge in [-0.05, 0) is 69.7 Å². The standard InChI is InChI=1S/C36H44ClN5O9S2/c1-35(2,3)51-33(46)38-26-14-8-6-4-5-7-13-24-18-36(24,32(45)40-53(48,49)29-16-15-28(37)52-29)39-30(43)27-17-25(21-42(27)31(26)44)50-34(47)41-19-22-11-9-10-12-23(22)20-41/h7,9-13,15-16,24-27H,4-6,8,14,17-21H2,1-3H3,(H,38,46)(H,39,43)(H,40,45)/b13-7-/t24-,25-,26+,27+,36-/m1/s1. The zero-order valence-electron chi connectivity index (χ0n) is 29.8. The molecule has 14 nitrogen and oxygen atoms in total. The van der Waals surface area contributed by atoms with Gasteiger partial charge in [0.1, 0.15) is 33.5 Å². The average molecular weight is 790 g/mol. The van der Waals surface area contributed by atoms with Crippen LogP contribution in [0.15, 0.2) is 52.8 Å². The van der Waals surface area contributed by atoms with Gasteiger partial charge in [-0.3, -0.25) is 19.3 Å². The van der Waals surface area contributed by atoms with E-state index in [4.69, 9.17) is 21.1 Å². The first-order valence-corrected chi connectivity index (χ1v) is 20.4. The second-order valence-corrected chi connectivity index (χ2v) is 18.5. The Bertz CT molecular complexity index is 1890. The predicted molar refractivity (Wildman–Crippen MR) is 195 cm³/mol. The second kappa shape index (κ2) is 15.3. The summed E-state index contributed by atoms with van der Waals surface area (Å²) >= 11 is 6.74. The molecule has 4 heterocycles. The lowest BCUT2D eigenvalue weighted by molar-refractivity contribution is -0.141. The maximum atomic E-state index is 14.3. The normalized spacial score (nSPS) is 26.9. The molecule has 3 N–H and O–H groups in total. The molecule has 4 aliphatic rings. The molecule has 1 aliphatic carbocycles. The van der Waals surface area contributed by atoms with E-state index in [0.717, 1.165) is 35.3 Å². The number of hydrogen-bond acceptors (Lipinski definition) is 10. The molecule has 17 heteroatoms. The van der Waals surface area contributed by atoms with Gasteiger partial charge in [0.05, 0.1) is 10.9 Å². The fourth-order valence-corrected chi connectivity index (χ4v) is 9.52. The van der Waals surface area contributed by atoms with E-state index in [1.54, 1.807) is 26.8 Å². The number of alkyl carbamates (subject to hydrolysis) is 1. The van der Waals surface area contributed by atoms with Crippen molar-refractivity contribution in [2.24, 2.45) is 5.92 Å². The molecule has 5 amide bonds. The number of benzene rings is 1. The van der Waals surface area contributed by atoms with Crippen LogP contribution in [0.3, 0.4) is 0 Å². The van der Waals surface area contributed by atoms with Crippen molar-refractivity contribution in [3.8, 4) is 0 Å². The van der Waals surface area contributed by atoms with Crippen LogP contribution in [0.4, 0.5) is 9.59 Å². The second-order valence-electron chi connectivity index (χ2n) is 14.9. The van der Waals surface area contributed by atoms with Crippen molar-refractivity contribution in [3.63, 3.8) is 0 Å². The number of thiophene rings is 1. The molecule has 1 aromatic carbocycles. The molecule has 0 bridgehead atoms. The van der Waals surface area contributed by atoms with E-state index in [0.29, 0.717) is 25.9 Å². The number of hydrogen-bond donors (Lipinski definition) is 3. The van der Waals surface area contributed by atoms with E-state index in [1.165, 1.54) is 21.9 Å². The van der Waals surface area contributed by atoms with Gasteiger partial charge in [0.2, 0.25) is 11.8 Å². The van der Waals surface area contributed by atoms with E-state index in [9.17, 15) is 32.4 Å². The van der Waals surface area contributed by atoms with E-state index in [2.05, 4.69) is 15.4 Å². The van der Waals surface area contributed by atoms with Gasteiger partial charge < -0.3 is 25.0 Å². The molecule has 1 aromatic heterocycles. The van der Waals surface area contributed by atoms with Crippen molar-refractivity contribution in [3.05, 3.63) is 64.0 Å². The van der Waals surface area contributed by atoms with Crippen molar-refractivity contribution in [1.82, 2.24) is 25.2 Å². The first kappa shape index (κ1) is 38.6. The minimum absolute atomic E-state index is 0.0898. The number of rotatable bonds is 5. The molecule has 0 spiro atoms. The molecule has 53 heavy (non-hydrogen) atoms. The number of carbonyl (C=O) groups excluding carboxylic acids is 5. The molecule has 3 aliphatic heterocycles. The highest BCUT2D eigenvalue weighted by molar-refractivity contribution is 7.92. The molecule has 6 rings (SSSR count). The largest absolute Gasteiger partial charge is 0.444 e. The Morgan fingerprint density at radius 1 is 1.04 bits per heavy atom. The van der Waals surface area contributed by atoms with Crippen LogP contribution in [0.1, 0.15) is 76.8 Å². The van der Waals surface area contributed by atoms with E-state index >= 15 is 0 Å². The van der Waals surface area contributed by atoms with Gasteiger partial charge in [-0.2, -0.15) is 0 Å². The first-order chi connectivity index (χ1) is 25.0. The number of ether oxygens (including phenoxy) is 2. The minimum atomic E-state index is -4.31. The van der Waals surface area contributed by atoms with Crippen molar-refractivity contribution < 1.29 is 41.9 Å². The van der Waals surface area contributed by atoms with Crippen LogP contribution >= 0.6 is 22.9 Å². The van der Waals surface area contributed by atoms with Gasteiger partial charge in [-0.1, -0.05) is 60.9 Å². The zero-order chi connectivity index (χ0) is 38.1. The van der Waals surface area contributed by atoms with Gasteiger partial charge in [0.15, 0.2) is 0 Å². The molecule has 5 atom stereocenters. The summed E-state index contributed by atoms with van der Waals surface area (Å²) in [7, 11) is -4.31. The lowest BCUT2D eigenvalue weighted by atomic mass is 10.0.